The molecule has 1 saturated heterocycles. The number of carbonyl (C=O) groups is 2. The van der Waals surface area contributed by atoms with E-state index in [1.165, 1.54) is 10.5 Å². The zero-order valence-corrected chi connectivity index (χ0v) is 20.4. The fourth-order valence-corrected chi connectivity index (χ4v) is 5.10. The van der Waals surface area contributed by atoms with E-state index in [4.69, 9.17) is 4.74 Å². The Bertz CT molecular complexity index is 1080. The summed E-state index contributed by atoms with van der Waals surface area (Å²) in [7, 11) is 1.64. The molecule has 4 rings (SSSR count). The quantitative estimate of drug-likeness (QED) is 0.608. The van der Waals surface area contributed by atoms with Crippen LogP contribution in [0.25, 0.3) is 5.57 Å². The van der Waals surface area contributed by atoms with Crippen molar-refractivity contribution in [3.63, 3.8) is 0 Å². The number of methoxy groups -OCH3 is 1. The van der Waals surface area contributed by atoms with Gasteiger partial charge >= 0.3 is 0 Å². The number of carbonyl (C=O) groups excluding carboxylic acids is 2. The van der Waals surface area contributed by atoms with E-state index >= 15 is 0 Å². The zero-order chi connectivity index (χ0) is 23.7. The number of benzene rings is 2. The maximum Gasteiger partial charge on any atom is 0.277 e. The van der Waals surface area contributed by atoms with Crippen molar-refractivity contribution in [2.24, 2.45) is 11.8 Å². The Balaban J connectivity index is 1.66. The van der Waals surface area contributed by atoms with Gasteiger partial charge in [-0.15, -0.1) is 0 Å². The molecule has 0 N–H and O–H groups in total. The average molecular weight is 447 g/mol. The lowest BCUT2D eigenvalue weighted by Gasteiger charge is -2.37. The Morgan fingerprint density at radius 3 is 2.18 bits per heavy atom. The molecule has 2 aliphatic rings. The van der Waals surface area contributed by atoms with Crippen LogP contribution >= 0.6 is 0 Å². The summed E-state index contributed by atoms with van der Waals surface area (Å²) < 4.78 is 5.23. The van der Waals surface area contributed by atoms with E-state index in [1.54, 1.807) is 7.11 Å². The van der Waals surface area contributed by atoms with Crippen molar-refractivity contribution in [3.8, 4) is 5.75 Å². The summed E-state index contributed by atoms with van der Waals surface area (Å²) in [5.74, 6) is 1.42. The Morgan fingerprint density at radius 1 is 0.909 bits per heavy atom. The minimum absolute atomic E-state index is 0.164. The maximum atomic E-state index is 13.7. The minimum atomic E-state index is -0.183. The number of piperidine rings is 1. The van der Waals surface area contributed by atoms with Crippen molar-refractivity contribution in [2.75, 3.05) is 26.7 Å². The first kappa shape index (κ1) is 23.1. The molecule has 2 aromatic rings. The monoisotopic (exact) mass is 446 g/mol. The van der Waals surface area contributed by atoms with Gasteiger partial charge in [0.1, 0.15) is 11.4 Å². The molecular formula is C28H34N2O3. The van der Waals surface area contributed by atoms with Crippen LogP contribution < -0.4 is 4.74 Å². The molecule has 2 unspecified atom stereocenters. The Labute approximate surface area is 197 Å². The maximum absolute atomic E-state index is 13.7. The second-order valence-corrected chi connectivity index (χ2v) is 9.73. The third-order valence-electron chi connectivity index (χ3n) is 6.91. The molecule has 33 heavy (non-hydrogen) atoms. The normalized spacial score (nSPS) is 21.2. The van der Waals surface area contributed by atoms with E-state index in [0.29, 0.717) is 36.1 Å². The lowest BCUT2D eigenvalue weighted by molar-refractivity contribution is -0.137. The first-order valence-electron chi connectivity index (χ1n) is 11.8. The number of nitrogens with zero attached hydrogens (tertiary/aromatic N) is 2. The van der Waals surface area contributed by atoms with Crippen LogP contribution in [0, 0.1) is 25.7 Å². The predicted molar refractivity (Wildman–Crippen MR) is 131 cm³/mol. The molecular weight excluding hydrogens is 412 g/mol. The molecule has 0 spiro atoms. The molecule has 174 valence electrons. The van der Waals surface area contributed by atoms with Gasteiger partial charge in [0.2, 0.25) is 0 Å². The van der Waals surface area contributed by atoms with Gasteiger partial charge in [-0.1, -0.05) is 44.2 Å². The highest BCUT2D eigenvalue weighted by Crippen LogP contribution is 2.35. The number of hydrogen-bond donors (Lipinski definition) is 0. The van der Waals surface area contributed by atoms with Gasteiger partial charge < -0.3 is 9.64 Å². The lowest BCUT2D eigenvalue weighted by Crippen LogP contribution is -2.42. The van der Waals surface area contributed by atoms with Crippen LogP contribution in [0.15, 0.2) is 48.2 Å². The largest absolute Gasteiger partial charge is 0.497 e. The second kappa shape index (κ2) is 9.42. The van der Waals surface area contributed by atoms with Crippen molar-refractivity contribution in [1.82, 2.24) is 9.80 Å². The molecule has 2 atom stereocenters. The van der Waals surface area contributed by atoms with Crippen molar-refractivity contribution in [1.29, 1.82) is 0 Å². The molecule has 2 heterocycles. The summed E-state index contributed by atoms with van der Waals surface area (Å²) in [5, 5.41) is 0. The number of hydrogen-bond acceptors (Lipinski definition) is 4. The van der Waals surface area contributed by atoms with E-state index in [9.17, 15) is 9.59 Å². The average Bonchev–Trinajstić information content (AvgIpc) is 3.03. The van der Waals surface area contributed by atoms with Gasteiger partial charge in [-0.2, -0.15) is 0 Å². The van der Waals surface area contributed by atoms with Gasteiger partial charge in [0.05, 0.1) is 12.7 Å². The second-order valence-electron chi connectivity index (χ2n) is 9.73. The summed E-state index contributed by atoms with van der Waals surface area (Å²) in [6, 6.07) is 13.8. The van der Waals surface area contributed by atoms with Crippen LogP contribution in [-0.4, -0.2) is 48.4 Å². The van der Waals surface area contributed by atoms with Crippen LogP contribution in [0.1, 0.15) is 42.5 Å². The summed E-state index contributed by atoms with van der Waals surface area (Å²) in [6.45, 7) is 10.5. The summed E-state index contributed by atoms with van der Waals surface area (Å²) >= 11 is 0. The van der Waals surface area contributed by atoms with E-state index in [2.05, 4.69) is 25.7 Å². The van der Waals surface area contributed by atoms with Crippen molar-refractivity contribution in [3.05, 3.63) is 70.4 Å². The van der Waals surface area contributed by atoms with E-state index < -0.39 is 0 Å². The first-order valence-corrected chi connectivity index (χ1v) is 11.8. The topological polar surface area (TPSA) is 49.9 Å². The molecule has 2 amide bonds. The van der Waals surface area contributed by atoms with E-state index in [0.717, 1.165) is 42.0 Å². The number of rotatable bonds is 6. The standard InChI is InChI=1S/C28H34N2O3/c1-18-14-19(2)17-29(16-18)26-25(23-9-6-20(3)21(4)15-23)27(31)30(28(26)32)13-12-22-7-10-24(33-5)11-8-22/h6-11,15,18-19H,12-14,16-17H2,1-5H3. The van der Waals surface area contributed by atoms with Crippen molar-refractivity contribution >= 4 is 17.4 Å². The van der Waals surface area contributed by atoms with Crippen LogP contribution in [0.2, 0.25) is 0 Å². The van der Waals surface area contributed by atoms with Crippen LogP contribution in [0.5, 0.6) is 5.75 Å². The highest BCUT2D eigenvalue weighted by molar-refractivity contribution is 6.35. The highest BCUT2D eigenvalue weighted by atomic mass is 16.5. The summed E-state index contributed by atoms with van der Waals surface area (Å²) in [6.07, 6.45) is 1.76. The summed E-state index contributed by atoms with van der Waals surface area (Å²) in [5.41, 5.74) is 5.34. The van der Waals surface area contributed by atoms with Gasteiger partial charge in [-0.25, -0.2) is 0 Å². The van der Waals surface area contributed by atoms with Crippen LogP contribution in [0.4, 0.5) is 0 Å². The van der Waals surface area contributed by atoms with Crippen molar-refractivity contribution < 1.29 is 14.3 Å². The molecule has 0 aromatic heterocycles. The van der Waals surface area contributed by atoms with Crippen LogP contribution in [-0.2, 0) is 16.0 Å². The Hall–Kier alpha value is -3.08. The van der Waals surface area contributed by atoms with E-state index in [1.807, 2.05) is 49.4 Å². The van der Waals surface area contributed by atoms with Gasteiger partial charge in [-0.05, 0) is 72.9 Å². The minimum Gasteiger partial charge on any atom is -0.497 e. The van der Waals surface area contributed by atoms with Gasteiger partial charge in [0.25, 0.3) is 11.8 Å². The van der Waals surface area contributed by atoms with Gasteiger partial charge in [0, 0.05) is 19.6 Å². The van der Waals surface area contributed by atoms with Crippen LogP contribution in [0.3, 0.4) is 0 Å². The Morgan fingerprint density at radius 2 is 1.58 bits per heavy atom. The highest BCUT2D eigenvalue weighted by Gasteiger charge is 2.42. The Kier molecular flexibility index (Phi) is 6.59. The number of amides is 2. The molecule has 0 bridgehead atoms. The molecule has 5 heteroatoms. The zero-order valence-electron chi connectivity index (χ0n) is 20.4. The number of aryl methyl sites for hydroxylation is 2. The SMILES string of the molecule is COc1ccc(CCN2C(=O)C(c3ccc(C)c(C)c3)=C(N3CC(C)CC(C)C3)C2=O)cc1. The third-order valence-corrected chi connectivity index (χ3v) is 6.91. The molecule has 2 aromatic carbocycles. The molecule has 2 aliphatic heterocycles. The fraction of sp³-hybridized carbons (Fsp3) is 0.429. The molecule has 5 nitrogen and oxygen atoms in total. The molecule has 0 saturated carbocycles. The molecule has 1 fully saturated rings. The summed E-state index contributed by atoms with van der Waals surface area (Å²) in [4.78, 5) is 30.9. The lowest BCUT2D eigenvalue weighted by atomic mass is 9.90. The predicted octanol–water partition coefficient (Wildman–Crippen LogP) is 4.61. The third kappa shape index (κ3) is 4.68. The number of likely N-dealkylation sites (tertiary alicyclic amines) is 1. The fourth-order valence-electron chi connectivity index (χ4n) is 5.10. The molecule has 0 aliphatic carbocycles. The number of ether oxygens (including phenoxy) is 1. The molecule has 0 radical (unpaired) electrons. The number of imide groups is 1. The van der Waals surface area contributed by atoms with E-state index in [-0.39, 0.29) is 11.8 Å². The van der Waals surface area contributed by atoms with Crippen molar-refractivity contribution in [2.45, 2.75) is 40.5 Å². The smallest absolute Gasteiger partial charge is 0.277 e. The van der Waals surface area contributed by atoms with Gasteiger partial charge in [-0.3, -0.25) is 14.5 Å². The first-order chi connectivity index (χ1) is 15.8. The van der Waals surface area contributed by atoms with Gasteiger partial charge in [0.15, 0.2) is 0 Å².